The fourth-order valence-electron chi connectivity index (χ4n) is 2.51. The van der Waals surface area contributed by atoms with Crippen molar-refractivity contribution in [2.45, 2.75) is 45.6 Å². The molecule has 1 atom stereocenters. The number of piperidine rings is 1. The van der Waals surface area contributed by atoms with Crippen LogP contribution in [0.15, 0.2) is 12.4 Å². The van der Waals surface area contributed by atoms with E-state index in [4.69, 9.17) is 0 Å². The van der Waals surface area contributed by atoms with Crippen LogP contribution in [0.2, 0.25) is 0 Å². The number of hydrogen-bond acceptors (Lipinski definition) is 4. The number of aromatic nitrogens is 2. The zero-order valence-corrected chi connectivity index (χ0v) is 11.3. The first-order valence-corrected chi connectivity index (χ1v) is 6.94. The molecular formula is C14H23N3O. The summed E-state index contributed by atoms with van der Waals surface area (Å²) in [6.07, 6.45) is 7.90. The van der Waals surface area contributed by atoms with Gasteiger partial charge in [-0.1, -0.05) is 13.3 Å². The van der Waals surface area contributed by atoms with E-state index >= 15 is 0 Å². The van der Waals surface area contributed by atoms with Crippen LogP contribution < -0.4 is 4.90 Å². The Bertz CT molecular complexity index is 356. The second-order valence-corrected chi connectivity index (χ2v) is 5.21. The van der Waals surface area contributed by atoms with Crippen molar-refractivity contribution in [2.75, 3.05) is 18.0 Å². The van der Waals surface area contributed by atoms with E-state index in [2.05, 4.69) is 21.8 Å². The lowest BCUT2D eigenvalue weighted by Crippen LogP contribution is -2.37. The van der Waals surface area contributed by atoms with Gasteiger partial charge in [-0.05, 0) is 37.7 Å². The Morgan fingerprint density at radius 3 is 2.44 bits per heavy atom. The summed E-state index contributed by atoms with van der Waals surface area (Å²) in [4.78, 5) is 11.1. The number of anilines is 1. The Kier molecular flexibility index (Phi) is 4.53. The van der Waals surface area contributed by atoms with Gasteiger partial charge in [0.25, 0.3) is 0 Å². The molecule has 0 bridgehead atoms. The maximum atomic E-state index is 9.58. The normalized spacial score (nSPS) is 18.9. The third kappa shape index (κ3) is 3.19. The SMILES string of the molecule is CCCc1cnc(N2CCC([C@@H](C)O)CC2)nc1. The van der Waals surface area contributed by atoms with Gasteiger partial charge in [0.1, 0.15) is 0 Å². The summed E-state index contributed by atoms with van der Waals surface area (Å²) in [5, 5.41) is 9.58. The van der Waals surface area contributed by atoms with Crippen LogP contribution >= 0.6 is 0 Å². The molecule has 1 aromatic heterocycles. The highest BCUT2D eigenvalue weighted by molar-refractivity contribution is 5.30. The highest BCUT2D eigenvalue weighted by atomic mass is 16.3. The van der Waals surface area contributed by atoms with Crippen LogP contribution in [0.25, 0.3) is 0 Å². The van der Waals surface area contributed by atoms with E-state index in [0.717, 1.165) is 44.7 Å². The maximum absolute atomic E-state index is 9.58. The highest BCUT2D eigenvalue weighted by Crippen LogP contribution is 2.22. The highest BCUT2D eigenvalue weighted by Gasteiger charge is 2.23. The summed E-state index contributed by atoms with van der Waals surface area (Å²) < 4.78 is 0. The molecule has 2 rings (SSSR count). The van der Waals surface area contributed by atoms with Crippen LogP contribution in [0.3, 0.4) is 0 Å². The molecule has 0 unspecified atom stereocenters. The molecule has 1 aromatic rings. The largest absolute Gasteiger partial charge is 0.393 e. The number of hydrogen-bond donors (Lipinski definition) is 1. The number of aliphatic hydroxyl groups excluding tert-OH is 1. The van der Waals surface area contributed by atoms with E-state index in [1.807, 2.05) is 19.3 Å². The van der Waals surface area contributed by atoms with Crippen LogP contribution in [0.1, 0.15) is 38.7 Å². The molecule has 1 aliphatic heterocycles. The summed E-state index contributed by atoms with van der Waals surface area (Å²) >= 11 is 0. The summed E-state index contributed by atoms with van der Waals surface area (Å²) in [5.41, 5.74) is 1.21. The van der Waals surface area contributed by atoms with E-state index in [1.165, 1.54) is 5.56 Å². The fraction of sp³-hybridized carbons (Fsp3) is 0.714. The predicted octanol–water partition coefficient (Wildman–Crippen LogP) is 2.03. The monoisotopic (exact) mass is 249 g/mol. The molecule has 0 amide bonds. The predicted molar refractivity (Wildman–Crippen MR) is 72.6 cm³/mol. The van der Waals surface area contributed by atoms with Crippen LogP contribution in [-0.2, 0) is 6.42 Å². The number of aryl methyl sites for hydroxylation is 1. The standard InChI is InChI=1S/C14H23N3O/c1-3-4-12-9-15-14(16-10-12)17-7-5-13(6-8-17)11(2)18/h9-11,13,18H,3-8H2,1-2H3/t11-/m1/s1. The van der Waals surface area contributed by atoms with Gasteiger partial charge in [-0.3, -0.25) is 0 Å². The molecule has 4 heteroatoms. The molecule has 0 aromatic carbocycles. The Hall–Kier alpha value is -1.16. The van der Waals surface area contributed by atoms with Crippen molar-refractivity contribution in [3.05, 3.63) is 18.0 Å². The summed E-state index contributed by atoms with van der Waals surface area (Å²) in [6.45, 7) is 5.94. The van der Waals surface area contributed by atoms with Crippen LogP contribution in [0.4, 0.5) is 5.95 Å². The van der Waals surface area contributed by atoms with Crippen LogP contribution in [0.5, 0.6) is 0 Å². The van der Waals surface area contributed by atoms with Crippen molar-refractivity contribution in [3.8, 4) is 0 Å². The van der Waals surface area contributed by atoms with E-state index in [0.29, 0.717) is 5.92 Å². The van der Waals surface area contributed by atoms with Gasteiger partial charge in [0.15, 0.2) is 0 Å². The van der Waals surface area contributed by atoms with Gasteiger partial charge >= 0.3 is 0 Å². The van der Waals surface area contributed by atoms with E-state index < -0.39 is 0 Å². The molecule has 0 spiro atoms. The van der Waals surface area contributed by atoms with Crippen molar-refractivity contribution in [1.82, 2.24) is 9.97 Å². The molecule has 18 heavy (non-hydrogen) atoms. The zero-order chi connectivity index (χ0) is 13.0. The summed E-state index contributed by atoms with van der Waals surface area (Å²) in [7, 11) is 0. The molecule has 0 aliphatic carbocycles. The summed E-state index contributed by atoms with van der Waals surface area (Å²) in [6, 6.07) is 0. The average molecular weight is 249 g/mol. The van der Waals surface area contributed by atoms with Crippen molar-refractivity contribution < 1.29 is 5.11 Å². The topological polar surface area (TPSA) is 49.2 Å². The molecular weight excluding hydrogens is 226 g/mol. The van der Waals surface area contributed by atoms with Gasteiger partial charge < -0.3 is 10.0 Å². The van der Waals surface area contributed by atoms with Crippen molar-refractivity contribution in [2.24, 2.45) is 5.92 Å². The van der Waals surface area contributed by atoms with Gasteiger partial charge in [-0.15, -0.1) is 0 Å². The van der Waals surface area contributed by atoms with Crippen molar-refractivity contribution >= 4 is 5.95 Å². The quantitative estimate of drug-likeness (QED) is 0.887. The first kappa shape index (κ1) is 13.3. The second-order valence-electron chi connectivity index (χ2n) is 5.21. The smallest absolute Gasteiger partial charge is 0.225 e. The van der Waals surface area contributed by atoms with Gasteiger partial charge in [-0.25, -0.2) is 9.97 Å². The lowest BCUT2D eigenvalue weighted by Gasteiger charge is -2.33. The van der Waals surface area contributed by atoms with Gasteiger partial charge in [0.2, 0.25) is 5.95 Å². The molecule has 0 saturated carbocycles. The van der Waals surface area contributed by atoms with E-state index in [9.17, 15) is 5.11 Å². The Morgan fingerprint density at radius 1 is 1.33 bits per heavy atom. The third-order valence-electron chi connectivity index (χ3n) is 3.74. The molecule has 1 aliphatic rings. The molecule has 1 saturated heterocycles. The Morgan fingerprint density at radius 2 is 1.94 bits per heavy atom. The molecule has 2 heterocycles. The minimum Gasteiger partial charge on any atom is -0.393 e. The number of aliphatic hydroxyl groups is 1. The molecule has 4 nitrogen and oxygen atoms in total. The molecule has 100 valence electrons. The number of nitrogens with zero attached hydrogens (tertiary/aromatic N) is 3. The Balaban J connectivity index is 1.93. The van der Waals surface area contributed by atoms with Gasteiger partial charge in [0, 0.05) is 25.5 Å². The van der Waals surface area contributed by atoms with Crippen molar-refractivity contribution in [3.63, 3.8) is 0 Å². The summed E-state index contributed by atoms with van der Waals surface area (Å²) in [5.74, 6) is 1.26. The van der Waals surface area contributed by atoms with E-state index in [-0.39, 0.29) is 6.10 Å². The first-order valence-electron chi connectivity index (χ1n) is 6.94. The number of rotatable bonds is 4. The average Bonchev–Trinajstić information content (AvgIpc) is 2.40. The van der Waals surface area contributed by atoms with Crippen LogP contribution in [0, 0.1) is 5.92 Å². The van der Waals surface area contributed by atoms with Crippen LogP contribution in [-0.4, -0.2) is 34.3 Å². The molecule has 1 N–H and O–H groups in total. The lowest BCUT2D eigenvalue weighted by atomic mass is 9.92. The zero-order valence-electron chi connectivity index (χ0n) is 11.3. The Labute approximate surface area is 109 Å². The minimum atomic E-state index is -0.194. The third-order valence-corrected chi connectivity index (χ3v) is 3.74. The van der Waals surface area contributed by atoms with E-state index in [1.54, 1.807) is 0 Å². The van der Waals surface area contributed by atoms with Crippen molar-refractivity contribution in [1.29, 1.82) is 0 Å². The van der Waals surface area contributed by atoms with Gasteiger partial charge in [0.05, 0.1) is 6.10 Å². The molecule has 0 radical (unpaired) electrons. The van der Waals surface area contributed by atoms with Gasteiger partial charge in [-0.2, -0.15) is 0 Å². The fourth-order valence-corrected chi connectivity index (χ4v) is 2.51. The minimum absolute atomic E-state index is 0.194. The first-order chi connectivity index (χ1) is 8.70. The second kappa shape index (κ2) is 6.14. The molecule has 1 fully saturated rings. The lowest BCUT2D eigenvalue weighted by molar-refractivity contribution is 0.109. The maximum Gasteiger partial charge on any atom is 0.225 e.